The molecule has 15 heavy (non-hydrogen) atoms. The van der Waals surface area contributed by atoms with Gasteiger partial charge in [-0.1, -0.05) is 0 Å². The Morgan fingerprint density at radius 3 is 2.53 bits per heavy atom. The lowest BCUT2D eigenvalue weighted by atomic mass is 9.94. The van der Waals surface area contributed by atoms with Crippen LogP contribution >= 0.6 is 12.6 Å². The summed E-state index contributed by atoms with van der Waals surface area (Å²) in [5, 5.41) is 18.0. The number of thiol groups is 1. The monoisotopic (exact) mass is 236 g/mol. The number of hydrogen-bond donors (Lipinski definition) is 5. The van der Waals surface area contributed by atoms with Crippen molar-refractivity contribution in [2.75, 3.05) is 6.61 Å². The molecule has 0 aromatic heterocycles. The number of rotatable bonds is 3. The Kier molecular flexibility index (Phi) is 4.35. The number of ether oxygens (including phenoxy) is 1. The zero-order valence-electron chi connectivity index (χ0n) is 8.11. The molecule has 0 radical (unpaired) electrons. The fraction of sp³-hybridized carbons (Fsp3) is 0.875. The maximum atomic E-state index is 10.7. The van der Waals surface area contributed by atoms with E-state index < -0.39 is 35.5 Å². The van der Waals surface area contributed by atoms with Crippen LogP contribution in [0.4, 0.5) is 0 Å². The summed E-state index contributed by atoms with van der Waals surface area (Å²) < 4.78 is 5.27. The first kappa shape index (κ1) is 12.7. The van der Waals surface area contributed by atoms with Gasteiger partial charge >= 0.3 is 0 Å². The predicted octanol–water partition coefficient (Wildman–Crippen LogP) is -2.39. The topological polar surface area (TPSA) is 119 Å². The summed E-state index contributed by atoms with van der Waals surface area (Å²) in [5.41, 5.74) is 10.8. The fourth-order valence-electron chi connectivity index (χ4n) is 1.60. The molecule has 0 aliphatic carbocycles. The second-order valence-corrected chi connectivity index (χ2v) is 4.22. The van der Waals surface area contributed by atoms with E-state index in [9.17, 15) is 9.90 Å². The van der Waals surface area contributed by atoms with Crippen LogP contribution in [0.5, 0.6) is 0 Å². The Hall–Kier alpha value is -0.340. The number of aliphatic hydroxyl groups excluding tert-OH is 2. The van der Waals surface area contributed by atoms with E-state index in [1.165, 1.54) is 0 Å². The zero-order valence-corrected chi connectivity index (χ0v) is 9.01. The van der Waals surface area contributed by atoms with Crippen LogP contribution in [0.15, 0.2) is 0 Å². The summed E-state index contributed by atoms with van der Waals surface area (Å²) in [6.45, 7) is -0.347. The third kappa shape index (κ3) is 2.82. The highest BCUT2D eigenvalue weighted by Gasteiger charge is 2.41. The number of hydrogen-bond acceptors (Lipinski definition) is 6. The van der Waals surface area contributed by atoms with E-state index in [1.807, 2.05) is 0 Å². The molecule has 5 atom stereocenters. The molecule has 7 heteroatoms. The average Bonchev–Trinajstić information content (AvgIpc) is 2.18. The first-order valence-electron chi connectivity index (χ1n) is 4.63. The Bertz CT molecular complexity index is 239. The number of nitrogens with two attached hydrogens (primary N) is 2. The highest BCUT2D eigenvalue weighted by molar-refractivity contribution is 7.81. The normalized spacial score (nSPS) is 41.5. The third-order valence-corrected chi connectivity index (χ3v) is 3.14. The second-order valence-electron chi connectivity index (χ2n) is 3.62. The minimum absolute atomic E-state index is 0.0402. The summed E-state index contributed by atoms with van der Waals surface area (Å²) in [7, 11) is 0. The Morgan fingerprint density at radius 1 is 1.47 bits per heavy atom. The van der Waals surface area contributed by atoms with Crippen LogP contribution in [0.3, 0.4) is 0 Å². The molecule has 1 aliphatic rings. The minimum Gasteiger partial charge on any atom is -0.394 e. The van der Waals surface area contributed by atoms with E-state index in [0.717, 1.165) is 0 Å². The number of carbonyl (C=O) groups excluding carboxylic acids is 1. The number of amides is 1. The molecule has 0 aromatic carbocycles. The van der Waals surface area contributed by atoms with Gasteiger partial charge in [0.2, 0.25) is 5.91 Å². The molecular weight excluding hydrogens is 220 g/mol. The number of primary amides is 1. The first-order chi connectivity index (χ1) is 6.97. The van der Waals surface area contributed by atoms with E-state index >= 15 is 0 Å². The lowest BCUT2D eigenvalue weighted by Gasteiger charge is -2.40. The SMILES string of the molecule is NC(=O)CC1O[C@H](CO)[C@@H](O)C(S)[C@H]1N. The lowest BCUT2D eigenvalue weighted by Crippen LogP contribution is -2.60. The summed E-state index contributed by atoms with van der Waals surface area (Å²) >= 11 is 4.13. The summed E-state index contributed by atoms with van der Waals surface area (Å²) in [6, 6.07) is -0.585. The molecule has 6 N–H and O–H groups in total. The van der Waals surface area contributed by atoms with Gasteiger partial charge in [-0.3, -0.25) is 4.79 Å². The molecule has 1 heterocycles. The van der Waals surface area contributed by atoms with Crippen molar-refractivity contribution in [1.29, 1.82) is 0 Å². The van der Waals surface area contributed by atoms with Crippen molar-refractivity contribution in [3.8, 4) is 0 Å². The Labute approximate surface area is 93.0 Å². The van der Waals surface area contributed by atoms with Crippen molar-refractivity contribution in [2.45, 2.75) is 36.0 Å². The van der Waals surface area contributed by atoms with Crippen LogP contribution in [0.25, 0.3) is 0 Å². The Morgan fingerprint density at radius 2 is 2.07 bits per heavy atom. The molecule has 1 fully saturated rings. The van der Waals surface area contributed by atoms with Gasteiger partial charge < -0.3 is 26.4 Å². The van der Waals surface area contributed by atoms with Gasteiger partial charge in [0.05, 0.1) is 25.2 Å². The maximum Gasteiger partial charge on any atom is 0.220 e. The van der Waals surface area contributed by atoms with E-state index in [2.05, 4.69) is 12.6 Å². The minimum atomic E-state index is -0.947. The van der Waals surface area contributed by atoms with Gasteiger partial charge in [-0.05, 0) is 0 Å². The summed E-state index contributed by atoms with van der Waals surface area (Å²) in [4.78, 5) is 10.7. The van der Waals surface area contributed by atoms with Crippen LogP contribution < -0.4 is 11.5 Å². The smallest absolute Gasteiger partial charge is 0.220 e. The van der Waals surface area contributed by atoms with E-state index in [-0.39, 0.29) is 13.0 Å². The molecule has 1 saturated heterocycles. The van der Waals surface area contributed by atoms with Crippen LogP contribution in [-0.4, -0.2) is 52.3 Å². The summed E-state index contributed by atoms with van der Waals surface area (Å²) in [5.74, 6) is -0.538. The van der Waals surface area contributed by atoms with Gasteiger partial charge in [0, 0.05) is 11.3 Å². The highest BCUT2D eigenvalue weighted by atomic mass is 32.1. The van der Waals surface area contributed by atoms with Crippen molar-refractivity contribution in [2.24, 2.45) is 11.5 Å². The van der Waals surface area contributed by atoms with Crippen molar-refractivity contribution in [3.05, 3.63) is 0 Å². The maximum absolute atomic E-state index is 10.7. The van der Waals surface area contributed by atoms with Crippen LogP contribution in [0, 0.1) is 0 Å². The van der Waals surface area contributed by atoms with Crippen molar-refractivity contribution in [3.63, 3.8) is 0 Å². The van der Waals surface area contributed by atoms with Gasteiger partial charge in [0.25, 0.3) is 0 Å². The fourth-order valence-corrected chi connectivity index (χ4v) is 1.98. The second kappa shape index (κ2) is 5.13. The van der Waals surface area contributed by atoms with E-state index in [0.29, 0.717) is 0 Å². The molecular formula is C8H16N2O4S. The molecule has 2 unspecified atom stereocenters. The molecule has 1 rings (SSSR count). The quantitative estimate of drug-likeness (QED) is 0.350. The molecule has 6 nitrogen and oxygen atoms in total. The van der Waals surface area contributed by atoms with Crippen molar-refractivity contribution in [1.82, 2.24) is 0 Å². The van der Waals surface area contributed by atoms with Crippen LogP contribution in [-0.2, 0) is 9.53 Å². The molecule has 88 valence electrons. The molecule has 1 amide bonds. The van der Waals surface area contributed by atoms with Gasteiger partial charge in [-0.15, -0.1) is 0 Å². The largest absolute Gasteiger partial charge is 0.394 e. The summed E-state index contributed by atoms with van der Waals surface area (Å²) in [6.07, 6.45) is -2.36. The van der Waals surface area contributed by atoms with Crippen LogP contribution in [0.1, 0.15) is 6.42 Å². The predicted molar refractivity (Wildman–Crippen MR) is 56.3 cm³/mol. The van der Waals surface area contributed by atoms with Gasteiger partial charge in [-0.2, -0.15) is 12.6 Å². The van der Waals surface area contributed by atoms with E-state index in [4.69, 9.17) is 21.3 Å². The van der Waals surface area contributed by atoms with Gasteiger partial charge in [-0.25, -0.2) is 0 Å². The molecule has 0 aromatic rings. The molecule has 1 aliphatic heterocycles. The molecule has 0 saturated carbocycles. The van der Waals surface area contributed by atoms with Gasteiger partial charge in [0.15, 0.2) is 0 Å². The van der Waals surface area contributed by atoms with Crippen molar-refractivity contribution >= 4 is 18.5 Å². The Balaban J connectivity index is 2.69. The lowest BCUT2D eigenvalue weighted by molar-refractivity contribution is -0.147. The van der Waals surface area contributed by atoms with Crippen molar-refractivity contribution < 1.29 is 19.7 Å². The standard InChI is InChI=1S/C8H16N2O4S/c9-5(12)1-3-6(10)8(15)7(13)4(2-11)14-3/h3-4,6-8,11,13,15H,1-2,10H2,(H2,9,12)/t3?,4-,6+,7-,8?/m1/s1. The number of aliphatic hydroxyl groups is 2. The van der Waals surface area contributed by atoms with Crippen LogP contribution in [0.2, 0.25) is 0 Å². The highest BCUT2D eigenvalue weighted by Crippen LogP contribution is 2.24. The van der Waals surface area contributed by atoms with Gasteiger partial charge in [0.1, 0.15) is 6.10 Å². The number of carbonyl (C=O) groups is 1. The van der Waals surface area contributed by atoms with E-state index in [1.54, 1.807) is 0 Å². The average molecular weight is 236 g/mol. The zero-order chi connectivity index (χ0) is 11.6. The molecule has 0 spiro atoms. The third-order valence-electron chi connectivity index (χ3n) is 2.49. The first-order valence-corrected chi connectivity index (χ1v) is 5.15. The molecule has 0 bridgehead atoms.